The summed E-state index contributed by atoms with van der Waals surface area (Å²) in [5, 5.41) is 0. The van der Waals surface area contributed by atoms with E-state index in [4.69, 9.17) is 0 Å². The zero-order chi connectivity index (χ0) is 15.4. The Balaban J connectivity index is 1.78. The Morgan fingerprint density at radius 2 is 1.68 bits per heavy atom. The van der Waals surface area contributed by atoms with Gasteiger partial charge in [0.15, 0.2) is 0 Å². The van der Waals surface area contributed by atoms with Crippen LogP contribution in [0, 0.1) is 0 Å². The molecule has 3 rings (SSSR count). The number of nitrogens with zero attached hydrogens (tertiary/aromatic N) is 5. The standard InChI is InChI=1S/C17H19N5/c1-21(2)11-14-3-5-15(6-4-14)12-22-8-7-20-17(22)16-9-18-13-19-10-16/h3-10,13H,11-12H2,1-2H3. The van der Waals surface area contributed by atoms with Crippen LogP contribution in [0.2, 0.25) is 0 Å². The number of hydrogen-bond donors (Lipinski definition) is 0. The first-order valence-corrected chi connectivity index (χ1v) is 7.21. The number of rotatable bonds is 5. The predicted molar refractivity (Wildman–Crippen MR) is 86.2 cm³/mol. The SMILES string of the molecule is CN(C)Cc1ccc(Cn2ccnc2-c2cncnc2)cc1. The topological polar surface area (TPSA) is 46.8 Å². The third-order valence-corrected chi connectivity index (χ3v) is 3.41. The highest BCUT2D eigenvalue weighted by molar-refractivity contribution is 5.52. The van der Waals surface area contributed by atoms with E-state index in [1.54, 1.807) is 12.4 Å². The van der Waals surface area contributed by atoms with Crippen LogP contribution in [0.1, 0.15) is 11.1 Å². The van der Waals surface area contributed by atoms with Crippen LogP contribution in [0.3, 0.4) is 0 Å². The van der Waals surface area contributed by atoms with Gasteiger partial charge in [0, 0.05) is 37.9 Å². The summed E-state index contributed by atoms with van der Waals surface area (Å²) in [4.78, 5) is 14.7. The van der Waals surface area contributed by atoms with Gasteiger partial charge >= 0.3 is 0 Å². The summed E-state index contributed by atoms with van der Waals surface area (Å²) in [5.74, 6) is 0.887. The first kappa shape index (κ1) is 14.4. The summed E-state index contributed by atoms with van der Waals surface area (Å²) >= 11 is 0. The highest BCUT2D eigenvalue weighted by atomic mass is 15.1. The lowest BCUT2D eigenvalue weighted by molar-refractivity contribution is 0.402. The van der Waals surface area contributed by atoms with Crippen LogP contribution in [0.25, 0.3) is 11.4 Å². The summed E-state index contributed by atoms with van der Waals surface area (Å²) < 4.78 is 2.11. The van der Waals surface area contributed by atoms with Crippen LogP contribution in [-0.2, 0) is 13.1 Å². The average molecular weight is 293 g/mol. The van der Waals surface area contributed by atoms with E-state index in [0.717, 1.165) is 24.5 Å². The van der Waals surface area contributed by atoms with E-state index in [1.807, 2.05) is 12.4 Å². The fourth-order valence-corrected chi connectivity index (χ4v) is 2.42. The molecule has 5 nitrogen and oxygen atoms in total. The quantitative estimate of drug-likeness (QED) is 0.725. The maximum absolute atomic E-state index is 4.42. The van der Waals surface area contributed by atoms with Crippen LogP contribution in [0.15, 0.2) is 55.4 Å². The molecule has 0 bridgehead atoms. The zero-order valence-electron chi connectivity index (χ0n) is 12.8. The molecule has 0 radical (unpaired) electrons. The number of imidazole rings is 1. The maximum atomic E-state index is 4.42. The minimum Gasteiger partial charge on any atom is -0.326 e. The third-order valence-electron chi connectivity index (χ3n) is 3.41. The molecular weight excluding hydrogens is 274 g/mol. The van der Waals surface area contributed by atoms with E-state index in [9.17, 15) is 0 Å². The molecule has 1 aromatic carbocycles. The van der Waals surface area contributed by atoms with Gasteiger partial charge in [0.05, 0.1) is 5.56 Å². The molecule has 0 saturated carbocycles. The Kier molecular flexibility index (Phi) is 4.25. The Labute approximate surface area is 130 Å². The van der Waals surface area contributed by atoms with E-state index in [-0.39, 0.29) is 0 Å². The van der Waals surface area contributed by atoms with Gasteiger partial charge in [-0.3, -0.25) is 0 Å². The van der Waals surface area contributed by atoms with Gasteiger partial charge in [-0.2, -0.15) is 0 Å². The van der Waals surface area contributed by atoms with Crippen molar-refractivity contribution in [1.29, 1.82) is 0 Å². The molecule has 0 unspecified atom stereocenters. The van der Waals surface area contributed by atoms with Crippen molar-refractivity contribution >= 4 is 0 Å². The first-order chi connectivity index (χ1) is 10.7. The number of hydrogen-bond acceptors (Lipinski definition) is 4. The summed E-state index contributed by atoms with van der Waals surface area (Å²) in [6.45, 7) is 1.74. The fourth-order valence-electron chi connectivity index (χ4n) is 2.42. The van der Waals surface area contributed by atoms with Gasteiger partial charge in [-0.25, -0.2) is 15.0 Å². The maximum Gasteiger partial charge on any atom is 0.143 e. The summed E-state index contributed by atoms with van der Waals surface area (Å²) in [5.41, 5.74) is 3.49. The van der Waals surface area contributed by atoms with E-state index < -0.39 is 0 Å². The predicted octanol–water partition coefficient (Wildman–Crippen LogP) is 2.45. The summed E-state index contributed by atoms with van der Waals surface area (Å²) in [7, 11) is 4.15. The monoisotopic (exact) mass is 293 g/mol. The normalized spacial score (nSPS) is 11.0. The summed E-state index contributed by atoms with van der Waals surface area (Å²) in [6.07, 6.45) is 8.89. The molecule has 0 amide bonds. The van der Waals surface area contributed by atoms with Crippen molar-refractivity contribution in [2.75, 3.05) is 14.1 Å². The molecule has 0 aliphatic rings. The highest BCUT2D eigenvalue weighted by Gasteiger charge is 2.07. The molecule has 3 aromatic rings. The van der Waals surface area contributed by atoms with E-state index in [0.29, 0.717) is 0 Å². The number of aromatic nitrogens is 4. The molecule has 112 valence electrons. The smallest absolute Gasteiger partial charge is 0.143 e. The molecule has 0 fully saturated rings. The lowest BCUT2D eigenvalue weighted by atomic mass is 10.1. The molecule has 0 aliphatic carbocycles. The lowest BCUT2D eigenvalue weighted by Gasteiger charge is -2.11. The van der Waals surface area contributed by atoms with Crippen molar-refractivity contribution in [3.05, 3.63) is 66.5 Å². The van der Waals surface area contributed by atoms with E-state index in [2.05, 4.69) is 62.8 Å². The second-order valence-corrected chi connectivity index (χ2v) is 5.56. The van der Waals surface area contributed by atoms with Gasteiger partial charge < -0.3 is 9.47 Å². The van der Waals surface area contributed by atoms with Gasteiger partial charge in [-0.1, -0.05) is 24.3 Å². The third kappa shape index (κ3) is 3.38. The Hall–Kier alpha value is -2.53. The number of benzene rings is 1. The minimum absolute atomic E-state index is 0.784. The lowest BCUT2D eigenvalue weighted by Crippen LogP contribution is -2.10. The minimum atomic E-state index is 0.784. The Bertz CT molecular complexity index is 716. The van der Waals surface area contributed by atoms with Crippen molar-refractivity contribution in [2.45, 2.75) is 13.1 Å². The van der Waals surface area contributed by atoms with Crippen molar-refractivity contribution in [2.24, 2.45) is 0 Å². The Morgan fingerprint density at radius 3 is 2.36 bits per heavy atom. The van der Waals surface area contributed by atoms with E-state index in [1.165, 1.54) is 17.5 Å². The van der Waals surface area contributed by atoms with Crippen molar-refractivity contribution in [1.82, 2.24) is 24.4 Å². The molecule has 0 atom stereocenters. The summed E-state index contributed by atoms with van der Waals surface area (Å²) in [6, 6.07) is 8.70. The van der Waals surface area contributed by atoms with E-state index >= 15 is 0 Å². The van der Waals surface area contributed by atoms with Gasteiger partial charge in [0.25, 0.3) is 0 Å². The van der Waals surface area contributed by atoms with Crippen molar-refractivity contribution < 1.29 is 0 Å². The molecule has 22 heavy (non-hydrogen) atoms. The molecule has 2 aromatic heterocycles. The Morgan fingerprint density at radius 1 is 1.00 bits per heavy atom. The van der Waals surface area contributed by atoms with Gasteiger partial charge in [-0.05, 0) is 25.2 Å². The van der Waals surface area contributed by atoms with Crippen molar-refractivity contribution in [3.63, 3.8) is 0 Å². The second-order valence-electron chi connectivity index (χ2n) is 5.56. The molecule has 5 heteroatoms. The molecular formula is C17H19N5. The van der Waals surface area contributed by atoms with Crippen LogP contribution in [0.5, 0.6) is 0 Å². The first-order valence-electron chi connectivity index (χ1n) is 7.21. The van der Waals surface area contributed by atoms with Crippen LogP contribution < -0.4 is 0 Å². The molecule has 0 spiro atoms. The van der Waals surface area contributed by atoms with Gasteiger partial charge in [0.1, 0.15) is 12.2 Å². The highest BCUT2D eigenvalue weighted by Crippen LogP contribution is 2.17. The van der Waals surface area contributed by atoms with Crippen molar-refractivity contribution in [3.8, 4) is 11.4 Å². The molecule has 0 aliphatic heterocycles. The van der Waals surface area contributed by atoms with Gasteiger partial charge in [0.2, 0.25) is 0 Å². The fraction of sp³-hybridized carbons (Fsp3) is 0.235. The average Bonchev–Trinajstić information content (AvgIpc) is 2.98. The molecule has 0 saturated heterocycles. The van der Waals surface area contributed by atoms with Crippen LogP contribution >= 0.6 is 0 Å². The largest absolute Gasteiger partial charge is 0.326 e. The van der Waals surface area contributed by atoms with Gasteiger partial charge in [-0.15, -0.1) is 0 Å². The zero-order valence-corrected chi connectivity index (χ0v) is 12.8. The van der Waals surface area contributed by atoms with Crippen LogP contribution in [-0.4, -0.2) is 38.5 Å². The molecule has 2 heterocycles. The molecule has 0 N–H and O–H groups in total. The second kappa shape index (κ2) is 6.49. The van der Waals surface area contributed by atoms with Crippen LogP contribution in [0.4, 0.5) is 0 Å².